The van der Waals surface area contributed by atoms with Crippen LogP contribution in [0.5, 0.6) is 0 Å². The largest absolute Gasteiger partial charge is 0.243 e. The van der Waals surface area contributed by atoms with Crippen molar-refractivity contribution >= 4 is 10.0 Å². The first kappa shape index (κ1) is 11.6. The molecule has 0 unspecified atom stereocenters. The van der Waals surface area contributed by atoms with E-state index in [1.54, 1.807) is 16.4 Å². The van der Waals surface area contributed by atoms with E-state index in [1.165, 1.54) is 0 Å². The zero-order valence-electron chi connectivity index (χ0n) is 9.68. The highest BCUT2D eigenvalue weighted by atomic mass is 32.2. The van der Waals surface area contributed by atoms with E-state index in [-0.39, 0.29) is 6.04 Å². The maximum absolute atomic E-state index is 12.4. The molecule has 0 aromatic heterocycles. The second-order valence-electron chi connectivity index (χ2n) is 4.21. The first-order valence-electron chi connectivity index (χ1n) is 5.65. The van der Waals surface area contributed by atoms with Gasteiger partial charge < -0.3 is 0 Å². The van der Waals surface area contributed by atoms with Crippen molar-refractivity contribution in [3.05, 3.63) is 29.8 Å². The third-order valence-electron chi connectivity index (χ3n) is 2.95. The highest BCUT2D eigenvalue weighted by Crippen LogP contribution is 2.32. The molecule has 1 saturated carbocycles. The molecule has 2 rings (SSSR count). The molecule has 16 heavy (non-hydrogen) atoms. The SMILES string of the molecule is CCN(C1CC1)S(=O)(=O)c1ccccc1C. The number of hydrogen-bond acceptors (Lipinski definition) is 2. The van der Waals surface area contributed by atoms with Gasteiger partial charge in [-0.3, -0.25) is 0 Å². The van der Waals surface area contributed by atoms with Crippen LogP contribution in [0, 0.1) is 6.92 Å². The number of benzene rings is 1. The smallest absolute Gasteiger partial charge is 0.207 e. The molecular weight excluding hydrogens is 222 g/mol. The highest BCUT2D eigenvalue weighted by Gasteiger charge is 2.37. The minimum absolute atomic E-state index is 0.231. The van der Waals surface area contributed by atoms with Gasteiger partial charge in [-0.1, -0.05) is 25.1 Å². The van der Waals surface area contributed by atoms with Gasteiger partial charge in [-0.2, -0.15) is 4.31 Å². The van der Waals surface area contributed by atoms with Crippen LogP contribution in [0.25, 0.3) is 0 Å². The van der Waals surface area contributed by atoms with Crippen molar-refractivity contribution in [2.45, 2.75) is 37.6 Å². The van der Waals surface area contributed by atoms with Gasteiger partial charge in [-0.15, -0.1) is 0 Å². The van der Waals surface area contributed by atoms with Crippen molar-refractivity contribution < 1.29 is 8.42 Å². The first-order valence-corrected chi connectivity index (χ1v) is 7.09. The van der Waals surface area contributed by atoms with Crippen molar-refractivity contribution in [2.24, 2.45) is 0 Å². The number of nitrogens with zero attached hydrogens (tertiary/aromatic N) is 1. The van der Waals surface area contributed by atoms with E-state index in [0.29, 0.717) is 11.4 Å². The van der Waals surface area contributed by atoms with E-state index in [9.17, 15) is 8.42 Å². The molecule has 0 saturated heterocycles. The van der Waals surface area contributed by atoms with Gasteiger partial charge in [0.05, 0.1) is 4.90 Å². The number of rotatable bonds is 4. The summed E-state index contributed by atoms with van der Waals surface area (Å²) < 4.78 is 26.4. The Labute approximate surface area is 97.1 Å². The molecule has 0 spiro atoms. The van der Waals surface area contributed by atoms with Gasteiger partial charge in [0.1, 0.15) is 0 Å². The average molecular weight is 239 g/mol. The van der Waals surface area contributed by atoms with Crippen LogP contribution in [0.2, 0.25) is 0 Å². The minimum Gasteiger partial charge on any atom is -0.207 e. The van der Waals surface area contributed by atoms with E-state index < -0.39 is 10.0 Å². The van der Waals surface area contributed by atoms with Gasteiger partial charge in [0.15, 0.2) is 0 Å². The van der Waals surface area contributed by atoms with Gasteiger partial charge in [-0.05, 0) is 31.4 Å². The van der Waals surface area contributed by atoms with Crippen molar-refractivity contribution in [1.82, 2.24) is 4.31 Å². The Morgan fingerprint density at radius 2 is 1.94 bits per heavy atom. The molecule has 0 N–H and O–H groups in total. The van der Waals surface area contributed by atoms with Crippen molar-refractivity contribution in [1.29, 1.82) is 0 Å². The van der Waals surface area contributed by atoms with E-state index in [0.717, 1.165) is 18.4 Å². The summed E-state index contributed by atoms with van der Waals surface area (Å²) in [5, 5.41) is 0. The van der Waals surface area contributed by atoms with Gasteiger partial charge in [-0.25, -0.2) is 8.42 Å². The second kappa shape index (κ2) is 4.18. The predicted molar refractivity (Wildman–Crippen MR) is 63.8 cm³/mol. The summed E-state index contributed by atoms with van der Waals surface area (Å²) in [6.07, 6.45) is 2.00. The fourth-order valence-corrected chi connectivity index (χ4v) is 3.88. The molecule has 1 aromatic carbocycles. The number of sulfonamides is 1. The third-order valence-corrected chi connectivity index (χ3v) is 5.13. The van der Waals surface area contributed by atoms with E-state index in [4.69, 9.17) is 0 Å². The summed E-state index contributed by atoms with van der Waals surface area (Å²) in [6.45, 7) is 4.29. The van der Waals surface area contributed by atoms with Crippen LogP contribution in [-0.4, -0.2) is 25.3 Å². The van der Waals surface area contributed by atoms with Gasteiger partial charge >= 0.3 is 0 Å². The summed E-state index contributed by atoms with van der Waals surface area (Å²) in [5.74, 6) is 0. The van der Waals surface area contributed by atoms with E-state index in [1.807, 2.05) is 26.0 Å². The predicted octanol–water partition coefficient (Wildman–Crippen LogP) is 2.17. The van der Waals surface area contributed by atoms with Crippen molar-refractivity contribution in [2.75, 3.05) is 6.54 Å². The Morgan fingerprint density at radius 3 is 2.44 bits per heavy atom. The molecule has 4 heteroatoms. The summed E-state index contributed by atoms with van der Waals surface area (Å²) in [6, 6.07) is 7.40. The highest BCUT2D eigenvalue weighted by molar-refractivity contribution is 7.89. The Morgan fingerprint density at radius 1 is 1.31 bits per heavy atom. The molecule has 0 aliphatic heterocycles. The molecule has 0 atom stereocenters. The lowest BCUT2D eigenvalue weighted by Crippen LogP contribution is -2.33. The van der Waals surface area contributed by atoms with Crippen LogP contribution in [0.15, 0.2) is 29.2 Å². The molecular formula is C12H17NO2S. The van der Waals surface area contributed by atoms with Crippen LogP contribution in [0.1, 0.15) is 25.3 Å². The van der Waals surface area contributed by atoms with Gasteiger partial charge in [0.2, 0.25) is 10.0 Å². The molecule has 88 valence electrons. The summed E-state index contributed by atoms with van der Waals surface area (Å²) in [7, 11) is -3.29. The molecule has 3 nitrogen and oxygen atoms in total. The van der Waals surface area contributed by atoms with Gasteiger partial charge in [0, 0.05) is 12.6 Å². The minimum atomic E-state index is -3.29. The molecule has 0 bridgehead atoms. The maximum atomic E-state index is 12.4. The molecule has 0 radical (unpaired) electrons. The standard InChI is InChI=1S/C12H17NO2S/c1-3-13(11-8-9-11)16(14,15)12-7-5-4-6-10(12)2/h4-7,11H,3,8-9H2,1-2H3. The van der Waals surface area contributed by atoms with Gasteiger partial charge in [0.25, 0.3) is 0 Å². The van der Waals surface area contributed by atoms with Crippen molar-refractivity contribution in [3.8, 4) is 0 Å². The third kappa shape index (κ3) is 1.99. The Hall–Kier alpha value is -0.870. The van der Waals surface area contributed by atoms with Crippen molar-refractivity contribution in [3.63, 3.8) is 0 Å². The topological polar surface area (TPSA) is 37.4 Å². The monoisotopic (exact) mass is 239 g/mol. The molecule has 0 amide bonds. The fourth-order valence-electron chi connectivity index (χ4n) is 1.96. The Bertz CT molecular complexity index is 478. The molecule has 1 fully saturated rings. The molecule has 1 aromatic rings. The lowest BCUT2D eigenvalue weighted by Gasteiger charge is -2.20. The zero-order valence-corrected chi connectivity index (χ0v) is 10.5. The fraction of sp³-hybridized carbons (Fsp3) is 0.500. The Balaban J connectivity index is 2.41. The summed E-state index contributed by atoms with van der Waals surface area (Å²) >= 11 is 0. The molecule has 0 heterocycles. The molecule has 1 aliphatic carbocycles. The van der Waals surface area contributed by atoms with E-state index >= 15 is 0 Å². The van der Waals surface area contributed by atoms with Crippen LogP contribution < -0.4 is 0 Å². The summed E-state index contributed by atoms with van der Waals surface area (Å²) in [4.78, 5) is 0.448. The molecule has 1 aliphatic rings. The van der Waals surface area contributed by atoms with Crippen LogP contribution >= 0.6 is 0 Å². The number of aryl methyl sites for hydroxylation is 1. The zero-order chi connectivity index (χ0) is 11.8. The number of hydrogen-bond donors (Lipinski definition) is 0. The average Bonchev–Trinajstić information content (AvgIpc) is 3.03. The second-order valence-corrected chi connectivity index (χ2v) is 6.06. The van der Waals surface area contributed by atoms with Crippen LogP contribution in [0.3, 0.4) is 0 Å². The lowest BCUT2D eigenvalue weighted by molar-refractivity contribution is 0.420. The Kier molecular flexibility index (Phi) is 3.04. The summed E-state index contributed by atoms with van der Waals surface area (Å²) in [5.41, 5.74) is 0.821. The maximum Gasteiger partial charge on any atom is 0.243 e. The first-order chi connectivity index (χ1) is 7.57. The quantitative estimate of drug-likeness (QED) is 0.807. The normalized spacial score (nSPS) is 16.7. The van der Waals surface area contributed by atoms with Crippen LogP contribution in [0.4, 0.5) is 0 Å². The van der Waals surface area contributed by atoms with E-state index in [2.05, 4.69) is 0 Å². The lowest BCUT2D eigenvalue weighted by atomic mass is 10.2. The van der Waals surface area contributed by atoms with Crippen LogP contribution in [-0.2, 0) is 10.0 Å².